The zero-order chi connectivity index (χ0) is 22.9. The Labute approximate surface area is 189 Å². The molecule has 3 aromatic carbocycles. The zero-order valence-corrected chi connectivity index (χ0v) is 17.7. The van der Waals surface area contributed by atoms with Gasteiger partial charge in [-0.05, 0) is 67.1 Å². The topological polar surface area (TPSA) is 54.5 Å². The fourth-order valence-electron chi connectivity index (χ4n) is 3.80. The average Bonchev–Trinajstić information content (AvgIpc) is 3.12. The predicted octanol–water partition coefficient (Wildman–Crippen LogP) is 6.36. The van der Waals surface area contributed by atoms with E-state index in [4.69, 9.17) is 4.74 Å². The second-order valence-electron chi connectivity index (χ2n) is 7.75. The summed E-state index contributed by atoms with van der Waals surface area (Å²) in [6.45, 7) is 2.32. The molecular weight excluding hydrogens is 424 g/mol. The maximum absolute atomic E-state index is 14.0. The quantitative estimate of drug-likeness (QED) is 0.390. The molecular formula is C26H19F2N3O2. The zero-order valence-electron chi connectivity index (χ0n) is 17.7. The van der Waals surface area contributed by atoms with Gasteiger partial charge in [0.05, 0.1) is 6.54 Å². The Bertz CT molecular complexity index is 1370. The molecule has 0 fully saturated rings. The van der Waals surface area contributed by atoms with E-state index < -0.39 is 11.6 Å². The number of anilines is 3. The number of carbonyl (C=O) groups is 1. The van der Waals surface area contributed by atoms with E-state index in [-0.39, 0.29) is 11.7 Å². The van der Waals surface area contributed by atoms with E-state index >= 15 is 0 Å². The molecule has 33 heavy (non-hydrogen) atoms. The van der Waals surface area contributed by atoms with Crippen LogP contribution in [0.1, 0.15) is 21.6 Å². The maximum atomic E-state index is 14.0. The number of aromatic nitrogens is 1. The first kappa shape index (κ1) is 20.6. The van der Waals surface area contributed by atoms with Crippen molar-refractivity contribution in [2.75, 3.05) is 10.2 Å². The Hall–Kier alpha value is -4.26. The van der Waals surface area contributed by atoms with Crippen molar-refractivity contribution in [2.24, 2.45) is 0 Å². The van der Waals surface area contributed by atoms with Crippen LogP contribution >= 0.6 is 0 Å². The van der Waals surface area contributed by atoms with Crippen LogP contribution in [0.5, 0.6) is 11.5 Å². The van der Waals surface area contributed by atoms with Gasteiger partial charge in [0.25, 0.3) is 5.91 Å². The van der Waals surface area contributed by atoms with E-state index in [1.807, 2.05) is 37.3 Å². The lowest BCUT2D eigenvalue weighted by molar-refractivity contribution is 0.0996. The SMILES string of the molecule is Cc1cc(Nc2ccc3c(c2)CN(c2cccc(Oc4ccc(F)cc4F)c2)C3=O)ccn1. The molecule has 0 unspecified atom stereocenters. The number of halogens is 2. The number of fused-ring (bicyclic) bond motifs is 1. The third-order valence-corrected chi connectivity index (χ3v) is 5.35. The summed E-state index contributed by atoms with van der Waals surface area (Å²) >= 11 is 0. The van der Waals surface area contributed by atoms with Crippen molar-refractivity contribution in [2.45, 2.75) is 13.5 Å². The van der Waals surface area contributed by atoms with Gasteiger partial charge in [0, 0.05) is 46.6 Å². The summed E-state index contributed by atoms with van der Waals surface area (Å²) in [6.07, 6.45) is 1.74. The van der Waals surface area contributed by atoms with Gasteiger partial charge in [0.15, 0.2) is 11.6 Å². The summed E-state index contributed by atoms with van der Waals surface area (Å²) < 4.78 is 32.7. The second-order valence-corrected chi connectivity index (χ2v) is 7.75. The lowest BCUT2D eigenvalue weighted by Crippen LogP contribution is -2.22. The van der Waals surface area contributed by atoms with E-state index in [9.17, 15) is 13.6 Å². The number of benzene rings is 3. The van der Waals surface area contributed by atoms with Crippen LogP contribution in [0.3, 0.4) is 0 Å². The molecule has 0 bridgehead atoms. The number of hydrogen-bond donors (Lipinski definition) is 1. The Morgan fingerprint density at radius 3 is 2.64 bits per heavy atom. The third kappa shape index (κ3) is 4.25. The molecule has 1 aromatic heterocycles. The van der Waals surface area contributed by atoms with Gasteiger partial charge >= 0.3 is 0 Å². The van der Waals surface area contributed by atoms with Gasteiger partial charge < -0.3 is 15.0 Å². The first-order valence-electron chi connectivity index (χ1n) is 10.3. The number of nitrogens with one attached hydrogen (secondary N) is 1. The van der Waals surface area contributed by atoms with Crippen molar-refractivity contribution in [3.63, 3.8) is 0 Å². The van der Waals surface area contributed by atoms with Gasteiger partial charge in [-0.2, -0.15) is 0 Å². The molecule has 1 amide bonds. The molecule has 0 radical (unpaired) electrons. The number of aryl methyl sites for hydroxylation is 1. The molecule has 0 atom stereocenters. The van der Waals surface area contributed by atoms with Crippen LogP contribution < -0.4 is 15.0 Å². The molecule has 0 saturated carbocycles. The lowest BCUT2D eigenvalue weighted by atomic mass is 10.1. The normalized spacial score (nSPS) is 12.6. The second kappa shape index (κ2) is 8.35. The number of amides is 1. The van der Waals surface area contributed by atoms with Gasteiger partial charge in [-0.1, -0.05) is 6.07 Å². The number of pyridine rings is 1. The molecule has 2 heterocycles. The monoisotopic (exact) mass is 443 g/mol. The third-order valence-electron chi connectivity index (χ3n) is 5.35. The molecule has 7 heteroatoms. The molecule has 5 rings (SSSR count). The molecule has 5 nitrogen and oxygen atoms in total. The number of nitrogens with zero attached hydrogens (tertiary/aromatic N) is 2. The highest BCUT2D eigenvalue weighted by molar-refractivity contribution is 6.10. The standard InChI is InChI=1S/C26H19F2N3O2/c1-16-11-20(9-10-29-16)30-19-6-7-23-17(12-19)15-31(26(23)32)21-3-2-4-22(14-21)33-25-8-5-18(27)13-24(25)28/h2-14H,15H2,1H3,(H,29,30). The lowest BCUT2D eigenvalue weighted by Gasteiger charge is -2.17. The summed E-state index contributed by atoms with van der Waals surface area (Å²) in [5, 5.41) is 3.34. The Balaban J connectivity index is 1.36. The molecule has 164 valence electrons. The molecule has 1 aliphatic rings. The van der Waals surface area contributed by atoms with Gasteiger partial charge in [-0.25, -0.2) is 8.78 Å². The van der Waals surface area contributed by atoms with Crippen LogP contribution in [0.25, 0.3) is 0 Å². The van der Waals surface area contributed by atoms with Crippen molar-refractivity contribution in [3.8, 4) is 11.5 Å². The van der Waals surface area contributed by atoms with Gasteiger partial charge in [-0.15, -0.1) is 0 Å². The van der Waals surface area contributed by atoms with Crippen molar-refractivity contribution >= 4 is 23.0 Å². The first-order chi connectivity index (χ1) is 16.0. The molecule has 4 aromatic rings. The van der Waals surface area contributed by atoms with Crippen molar-refractivity contribution < 1.29 is 18.3 Å². The van der Waals surface area contributed by atoms with Crippen molar-refractivity contribution in [1.29, 1.82) is 0 Å². The van der Waals surface area contributed by atoms with Crippen LogP contribution in [0, 0.1) is 18.6 Å². The first-order valence-corrected chi connectivity index (χ1v) is 10.3. The van der Waals surface area contributed by atoms with E-state index in [1.165, 1.54) is 6.07 Å². The van der Waals surface area contributed by atoms with Crippen molar-refractivity contribution in [3.05, 3.63) is 107 Å². The summed E-state index contributed by atoms with van der Waals surface area (Å²) in [6, 6.07) is 19.4. The summed E-state index contributed by atoms with van der Waals surface area (Å²) in [7, 11) is 0. The number of hydrogen-bond acceptors (Lipinski definition) is 4. The molecule has 1 N–H and O–H groups in total. The molecule has 0 aliphatic carbocycles. The average molecular weight is 443 g/mol. The Morgan fingerprint density at radius 2 is 1.82 bits per heavy atom. The summed E-state index contributed by atoms with van der Waals surface area (Å²) in [5.74, 6) is -1.35. The van der Waals surface area contributed by atoms with Crippen LogP contribution in [-0.2, 0) is 6.54 Å². The summed E-state index contributed by atoms with van der Waals surface area (Å²) in [5.41, 5.74) is 4.84. The minimum absolute atomic E-state index is 0.0911. The van der Waals surface area contributed by atoms with E-state index in [0.29, 0.717) is 23.5 Å². The van der Waals surface area contributed by atoms with E-state index in [2.05, 4.69) is 10.3 Å². The predicted molar refractivity (Wildman–Crippen MR) is 122 cm³/mol. The van der Waals surface area contributed by atoms with Crippen LogP contribution in [-0.4, -0.2) is 10.9 Å². The highest BCUT2D eigenvalue weighted by Gasteiger charge is 2.29. The van der Waals surface area contributed by atoms with Gasteiger partial charge in [0.2, 0.25) is 0 Å². The largest absolute Gasteiger partial charge is 0.454 e. The fraction of sp³-hybridized carbons (Fsp3) is 0.0769. The molecule has 1 aliphatic heterocycles. The van der Waals surface area contributed by atoms with Crippen LogP contribution in [0.15, 0.2) is 79.0 Å². The van der Waals surface area contributed by atoms with Gasteiger partial charge in [0.1, 0.15) is 11.6 Å². The molecule has 0 saturated heterocycles. The Kier molecular flexibility index (Phi) is 5.22. The number of rotatable bonds is 5. The number of ether oxygens (including phenoxy) is 1. The van der Waals surface area contributed by atoms with Gasteiger partial charge in [-0.3, -0.25) is 9.78 Å². The fourth-order valence-corrected chi connectivity index (χ4v) is 3.80. The smallest absolute Gasteiger partial charge is 0.258 e. The van der Waals surface area contributed by atoms with E-state index in [1.54, 1.807) is 35.4 Å². The minimum Gasteiger partial charge on any atom is -0.454 e. The van der Waals surface area contributed by atoms with Crippen LogP contribution in [0.2, 0.25) is 0 Å². The van der Waals surface area contributed by atoms with Crippen molar-refractivity contribution in [1.82, 2.24) is 4.98 Å². The van der Waals surface area contributed by atoms with E-state index in [0.717, 1.165) is 34.8 Å². The highest BCUT2D eigenvalue weighted by atomic mass is 19.1. The number of carbonyl (C=O) groups excluding carboxylic acids is 1. The maximum Gasteiger partial charge on any atom is 0.258 e. The minimum atomic E-state index is -0.797. The van der Waals surface area contributed by atoms with Crippen LogP contribution in [0.4, 0.5) is 25.8 Å². The molecule has 0 spiro atoms. The Morgan fingerprint density at radius 1 is 0.970 bits per heavy atom. The summed E-state index contributed by atoms with van der Waals surface area (Å²) in [4.78, 5) is 18.9. The highest BCUT2D eigenvalue weighted by Crippen LogP contribution is 2.34.